The van der Waals surface area contributed by atoms with Crippen molar-refractivity contribution in [2.45, 2.75) is 45.3 Å². The van der Waals surface area contributed by atoms with E-state index in [4.69, 9.17) is 5.26 Å². The number of aromatic nitrogens is 3. The third kappa shape index (κ3) is 3.25. The Morgan fingerprint density at radius 3 is 3.17 bits per heavy atom. The van der Waals surface area contributed by atoms with Crippen molar-refractivity contribution in [3.63, 3.8) is 0 Å². The topological polar surface area (TPSA) is 95.6 Å². The van der Waals surface area contributed by atoms with E-state index in [9.17, 15) is 4.79 Å². The molecule has 3 heterocycles. The Kier molecular flexibility index (Phi) is 4.41. The molecule has 120 valence electrons. The number of anilines is 1. The van der Waals surface area contributed by atoms with Gasteiger partial charge in [0.05, 0.1) is 11.6 Å². The van der Waals surface area contributed by atoms with Crippen molar-refractivity contribution in [2.75, 3.05) is 5.32 Å². The number of carbonyl (C=O) groups is 1. The molecule has 0 aliphatic carbocycles. The van der Waals surface area contributed by atoms with Gasteiger partial charge in [-0.05, 0) is 31.7 Å². The third-order valence-electron chi connectivity index (χ3n) is 4.03. The smallest absolute Gasteiger partial charge is 0.241 e. The number of nitrogens with zero attached hydrogens (tertiary/aromatic N) is 4. The van der Waals surface area contributed by atoms with E-state index in [0.29, 0.717) is 10.6 Å². The molecule has 8 heteroatoms. The standard InChI is InChI=1S/C15H18N6OS/c1-9(14(22)18-15-11(7-16)5-6-23-15)17-12-3-4-13-20-19-10(2)21(13)8-12/h5-6,9,12,17H,3-4,8H2,1-2H3,(H,18,22). The highest BCUT2D eigenvalue weighted by molar-refractivity contribution is 7.14. The lowest BCUT2D eigenvalue weighted by molar-refractivity contribution is -0.118. The van der Waals surface area contributed by atoms with Gasteiger partial charge in [-0.15, -0.1) is 21.5 Å². The van der Waals surface area contributed by atoms with Crippen LogP contribution in [0.4, 0.5) is 5.00 Å². The fourth-order valence-corrected chi connectivity index (χ4v) is 3.48. The zero-order valence-electron chi connectivity index (χ0n) is 13.0. The first kappa shape index (κ1) is 15.6. The highest BCUT2D eigenvalue weighted by Crippen LogP contribution is 2.22. The third-order valence-corrected chi connectivity index (χ3v) is 4.86. The van der Waals surface area contributed by atoms with Gasteiger partial charge in [-0.3, -0.25) is 4.79 Å². The van der Waals surface area contributed by atoms with E-state index in [1.54, 1.807) is 11.4 Å². The first-order chi connectivity index (χ1) is 11.1. The van der Waals surface area contributed by atoms with E-state index in [-0.39, 0.29) is 18.0 Å². The predicted octanol–water partition coefficient (Wildman–Crippen LogP) is 1.45. The lowest BCUT2D eigenvalue weighted by Gasteiger charge is -2.27. The number of thiophene rings is 1. The maximum atomic E-state index is 12.3. The van der Waals surface area contributed by atoms with Crippen LogP contribution in [0, 0.1) is 18.3 Å². The molecule has 23 heavy (non-hydrogen) atoms. The van der Waals surface area contributed by atoms with Crippen LogP contribution in [0.25, 0.3) is 0 Å². The van der Waals surface area contributed by atoms with Gasteiger partial charge in [-0.2, -0.15) is 5.26 Å². The lowest BCUT2D eigenvalue weighted by Crippen LogP contribution is -2.47. The minimum Gasteiger partial charge on any atom is -0.315 e. The number of carbonyl (C=O) groups excluding carboxylic acids is 1. The van der Waals surface area contributed by atoms with Crippen LogP contribution in [0.15, 0.2) is 11.4 Å². The Balaban J connectivity index is 1.59. The second-order valence-corrected chi connectivity index (χ2v) is 6.58. The van der Waals surface area contributed by atoms with Crippen molar-refractivity contribution in [3.05, 3.63) is 28.7 Å². The highest BCUT2D eigenvalue weighted by atomic mass is 32.1. The average molecular weight is 330 g/mol. The van der Waals surface area contributed by atoms with Gasteiger partial charge in [0.25, 0.3) is 0 Å². The summed E-state index contributed by atoms with van der Waals surface area (Å²) in [6.07, 6.45) is 1.79. The summed E-state index contributed by atoms with van der Waals surface area (Å²) >= 11 is 1.36. The first-order valence-corrected chi connectivity index (χ1v) is 8.39. The molecule has 0 saturated heterocycles. The molecule has 1 aliphatic heterocycles. The van der Waals surface area contributed by atoms with Gasteiger partial charge in [0.15, 0.2) is 0 Å². The monoisotopic (exact) mass is 330 g/mol. The van der Waals surface area contributed by atoms with Crippen molar-refractivity contribution in [3.8, 4) is 6.07 Å². The van der Waals surface area contributed by atoms with Crippen molar-refractivity contribution in [1.82, 2.24) is 20.1 Å². The van der Waals surface area contributed by atoms with E-state index in [0.717, 1.165) is 31.0 Å². The lowest BCUT2D eigenvalue weighted by atomic mass is 10.1. The van der Waals surface area contributed by atoms with Gasteiger partial charge in [0.2, 0.25) is 5.91 Å². The van der Waals surface area contributed by atoms with Gasteiger partial charge in [-0.1, -0.05) is 0 Å². The molecular formula is C15H18N6OS. The molecule has 0 saturated carbocycles. The number of rotatable bonds is 4. The van der Waals surface area contributed by atoms with E-state index in [1.165, 1.54) is 11.3 Å². The first-order valence-electron chi connectivity index (χ1n) is 7.51. The summed E-state index contributed by atoms with van der Waals surface area (Å²) in [5, 5.41) is 25.8. The van der Waals surface area contributed by atoms with Crippen molar-refractivity contribution >= 4 is 22.2 Å². The van der Waals surface area contributed by atoms with Crippen molar-refractivity contribution in [2.24, 2.45) is 0 Å². The minimum atomic E-state index is -0.341. The summed E-state index contributed by atoms with van der Waals surface area (Å²) in [5.74, 6) is 1.78. The number of hydrogen-bond acceptors (Lipinski definition) is 6. The fraction of sp³-hybridized carbons (Fsp3) is 0.467. The van der Waals surface area contributed by atoms with Crippen molar-refractivity contribution in [1.29, 1.82) is 5.26 Å². The normalized spacial score (nSPS) is 18.0. The SMILES string of the molecule is Cc1nnc2n1CC(NC(C)C(=O)Nc1sccc1C#N)CC2. The molecule has 0 spiro atoms. The molecule has 2 N–H and O–H groups in total. The Morgan fingerprint density at radius 2 is 2.39 bits per heavy atom. The highest BCUT2D eigenvalue weighted by Gasteiger charge is 2.25. The summed E-state index contributed by atoms with van der Waals surface area (Å²) in [6, 6.07) is 3.64. The summed E-state index contributed by atoms with van der Waals surface area (Å²) in [7, 11) is 0. The molecule has 0 radical (unpaired) electrons. The molecule has 2 atom stereocenters. The molecular weight excluding hydrogens is 312 g/mol. The summed E-state index contributed by atoms with van der Waals surface area (Å²) in [5.41, 5.74) is 0.498. The van der Waals surface area contributed by atoms with Crippen LogP contribution in [0.1, 0.15) is 30.6 Å². The number of hydrogen-bond donors (Lipinski definition) is 2. The van der Waals surface area contributed by atoms with Crippen LogP contribution in [-0.4, -0.2) is 32.8 Å². The van der Waals surface area contributed by atoms with Gasteiger partial charge in [-0.25, -0.2) is 0 Å². The fourth-order valence-electron chi connectivity index (χ4n) is 2.74. The summed E-state index contributed by atoms with van der Waals surface area (Å²) < 4.78 is 2.10. The van der Waals surface area contributed by atoms with E-state index < -0.39 is 0 Å². The average Bonchev–Trinajstić information content (AvgIpc) is 3.14. The molecule has 1 amide bonds. The van der Waals surface area contributed by atoms with Crippen LogP contribution >= 0.6 is 11.3 Å². The summed E-state index contributed by atoms with van der Waals surface area (Å²) in [6.45, 7) is 4.55. The molecule has 1 aliphatic rings. The maximum absolute atomic E-state index is 12.3. The quantitative estimate of drug-likeness (QED) is 0.884. The van der Waals surface area contributed by atoms with E-state index >= 15 is 0 Å². The molecule has 2 aromatic rings. The zero-order chi connectivity index (χ0) is 16.4. The number of aryl methyl sites for hydroxylation is 2. The van der Waals surface area contributed by atoms with Crippen LogP contribution < -0.4 is 10.6 Å². The number of fused-ring (bicyclic) bond motifs is 1. The minimum absolute atomic E-state index is 0.129. The Labute approximate surface area is 138 Å². The van der Waals surface area contributed by atoms with Gasteiger partial charge < -0.3 is 15.2 Å². The van der Waals surface area contributed by atoms with Crippen LogP contribution in [0.3, 0.4) is 0 Å². The number of nitriles is 1. The number of amides is 1. The molecule has 2 unspecified atom stereocenters. The Bertz CT molecular complexity index is 758. The van der Waals surface area contributed by atoms with Crippen molar-refractivity contribution < 1.29 is 4.79 Å². The predicted molar refractivity (Wildman–Crippen MR) is 87.1 cm³/mol. The second-order valence-electron chi connectivity index (χ2n) is 5.66. The Hall–Kier alpha value is -2.24. The molecule has 0 bridgehead atoms. The maximum Gasteiger partial charge on any atom is 0.241 e. The number of nitrogens with one attached hydrogen (secondary N) is 2. The molecule has 7 nitrogen and oxygen atoms in total. The van der Waals surface area contributed by atoms with Gasteiger partial charge >= 0.3 is 0 Å². The molecule has 0 aromatic carbocycles. The second kappa shape index (κ2) is 6.48. The molecule has 3 rings (SSSR count). The van der Waals surface area contributed by atoms with E-state index in [2.05, 4.69) is 31.5 Å². The van der Waals surface area contributed by atoms with Gasteiger partial charge in [0.1, 0.15) is 22.7 Å². The summed E-state index contributed by atoms with van der Waals surface area (Å²) in [4.78, 5) is 12.3. The van der Waals surface area contributed by atoms with Crippen LogP contribution in [0.2, 0.25) is 0 Å². The van der Waals surface area contributed by atoms with E-state index in [1.807, 2.05) is 13.8 Å². The largest absolute Gasteiger partial charge is 0.315 e. The molecule has 2 aromatic heterocycles. The zero-order valence-corrected chi connectivity index (χ0v) is 13.9. The molecule has 0 fully saturated rings. The Morgan fingerprint density at radius 1 is 1.57 bits per heavy atom. The van der Waals surface area contributed by atoms with Crippen LogP contribution in [-0.2, 0) is 17.8 Å². The van der Waals surface area contributed by atoms with Gasteiger partial charge in [0, 0.05) is 19.0 Å². The van der Waals surface area contributed by atoms with Crippen LogP contribution in [0.5, 0.6) is 0 Å².